The molecule has 0 amide bonds. The van der Waals surface area contributed by atoms with Crippen molar-refractivity contribution in [3.63, 3.8) is 0 Å². The Labute approximate surface area is 62.1 Å². The topological polar surface area (TPSA) is 38.5 Å². The standard InChI is InChI=1S/C7H16N2O/c1-7(6-10-8)4-3-5-9(7)2/h3-6,8H2,1-2H3. The number of nitrogens with zero attached hydrogens (tertiary/aromatic N) is 1. The minimum absolute atomic E-state index is 0.189. The van der Waals surface area contributed by atoms with Crippen LogP contribution in [-0.4, -0.2) is 30.6 Å². The molecule has 10 heavy (non-hydrogen) atoms. The van der Waals surface area contributed by atoms with E-state index in [1.165, 1.54) is 19.4 Å². The highest BCUT2D eigenvalue weighted by Crippen LogP contribution is 2.26. The summed E-state index contributed by atoms with van der Waals surface area (Å²) in [5.41, 5.74) is 0.189. The molecule has 1 fully saturated rings. The first-order valence-corrected chi connectivity index (χ1v) is 3.72. The summed E-state index contributed by atoms with van der Waals surface area (Å²) in [7, 11) is 2.12. The van der Waals surface area contributed by atoms with Crippen molar-refractivity contribution in [1.29, 1.82) is 0 Å². The SMILES string of the molecule is CN1CCCC1(C)CON. The molecular weight excluding hydrogens is 128 g/mol. The van der Waals surface area contributed by atoms with Crippen LogP contribution in [0.5, 0.6) is 0 Å². The van der Waals surface area contributed by atoms with Gasteiger partial charge in [-0.1, -0.05) is 0 Å². The minimum atomic E-state index is 0.189. The van der Waals surface area contributed by atoms with Gasteiger partial charge < -0.3 is 4.84 Å². The second-order valence-corrected chi connectivity index (χ2v) is 3.33. The van der Waals surface area contributed by atoms with Crippen LogP contribution < -0.4 is 5.90 Å². The normalized spacial score (nSPS) is 35.1. The number of nitrogens with two attached hydrogens (primary N) is 1. The monoisotopic (exact) mass is 144 g/mol. The molecule has 1 saturated heterocycles. The Balaban J connectivity index is 2.48. The summed E-state index contributed by atoms with van der Waals surface area (Å²) in [6, 6.07) is 0. The molecule has 0 spiro atoms. The Morgan fingerprint density at radius 2 is 2.40 bits per heavy atom. The Morgan fingerprint density at radius 1 is 1.70 bits per heavy atom. The van der Waals surface area contributed by atoms with Crippen molar-refractivity contribution in [3.05, 3.63) is 0 Å². The first-order chi connectivity index (χ1) is 4.69. The summed E-state index contributed by atoms with van der Waals surface area (Å²) < 4.78 is 0. The van der Waals surface area contributed by atoms with Gasteiger partial charge in [-0.2, -0.15) is 0 Å². The van der Waals surface area contributed by atoms with Crippen LogP contribution >= 0.6 is 0 Å². The summed E-state index contributed by atoms with van der Waals surface area (Å²) in [4.78, 5) is 6.96. The zero-order chi connectivity index (χ0) is 7.61. The molecule has 1 unspecified atom stereocenters. The minimum Gasteiger partial charge on any atom is -0.303 e. The molecule has 3 heteroatoms. The van der Waals surface area contributed by atoms with Crippen molar-refractivity contribution >= 4 is 0 Å². The van der Waals surface area contributed by atoms with Gasteiger partial charge >= 0.3 is 0 Å². The molecule has 1 rings (SSSR count). The molecule has 0 aromatic heterocycles. The van der Waals surface area contributed by atoms with Gasteiger partial charge in [0.1, 0.15) is 0 Å². The van der Waals surface area contributed by atoms with E-state index in [0.717, 1.165) is 0 Å². The second-order valence-electron chi connectivity index (χ2n) is 3.33. The van der Waals surface area contributed by atoms with E-state index >= 15 is 0 Å². The quantitative estimate of drug-likeness (QED) is 0.569. The second kappa shape index (κ2) is 2.86. The maximum atomic E-state index is 5.03. The zero-order valence-electron chi connectivity index (χ0n) is 6.76. The first-order valence-electron chi connectivity index (χ1n) is 3.72. The van der Waals surface area contributed by atoms with Gasteiger partial charge in [-0.3, -0.25) is 4.90 Å². The van der Waals surface area contributed by atoms with Crippen LogP contribution in [0.15, 0.2) is 0 Å². The highest BCUT2D eigenvalue weighted by molar-refractivity contribution is 4.89. The first kappa shape index (κ1) is 7.98. The van der Waals surface area contributed by atoms with E-state index in [0.29, 0.717) is 6.61 Å². The lowest BCUT2D eigenvalue weighted by Gasteiger charge is -2.30. The lowest BCUT2D eigenvalue weighted by atomic mass is 10.0. The summed E-state index contributed by atoms with van der Waals surface area (Å²) in [6.45, 7) is 4.00. The van der Waals surface area contributed by atoms with Crippen LogP contribution in [0.25, 0.3) is 0 Å². The van der Waals surface area contributed by atoms with Crippen molar-refractivity contribution in [1.82, 2.24) is 4.90 Å². The molecule has 0 aliphatic carbocycles. The van der Waals surface area contributed by atoms with Crippen molar-refractivity contribution < 1.29 is 4.84 Å². The molecule has 1 atom stereocenters. The summed E-state index contributed by atoms with van der Waals surface area (Å²) >= 11 is 0. The summed E-state index contributed by atoms with van der Waals surface area (Å²) in [5, 5.41) is 0. The highest BCUT2D eigenvalue weighted by Gasteiger charge is 2.33. The maximum Gasteiger partial charge on any atom is 0.0860 e. The molecular formula is C7H16N2O. The molecule has 1 aliphatic rings. The smallest absolute Gasteiger partial charge is 0.0860 e. The Kier molecular flexibility index (Phi) is 2.28. The molecule has 60 valence electrons. The molecule has 1 aliphatic heterocycles. The molecule has 0 radical (unpaired) electrons. The van der Waals surface area contributed by atoms with Gasteiger partial charge in [-0.05, 0) is 33.4 Å². The molecule has 3 nitrogen and oxygen atoms in total. The third-order valence-electron chi connectivity index (χ3n) is 2.52. The number of likely N-dealkylation sites (N-methyl/N-ethyl adjacent to an activating group) is 1. The van der Waals surface area contributed by atoms with Crippen LogP contribution in [-0.2, 0) is 4.84 Å². The van der Waals surface area contributed by atoms with Crippen LogP contribution in [0.3, 0.4) is 0 Å². The van der Waals surface area contributed by atoms with Crippen molar-refractivity contribution in [3.8, 4) is 0 Å². The van der Waals surface area contributed by atoms with Gasteiger partial charge in [0, 0.05) is 5.54 Å². The Hall–Kier alpha value is -0.120. The van der Waals surface area contributed by atoms with Gasteiger partial charge in [-0.25, -0.2) is 5.90 Å². The molecule has 0 saturated carbocycles. The van der Waals surface area contributed by atoms with Crippen molar-refractivity contribution in [2.45, 2.75) is 25.3 Å². The van der Waals surface area contributed by atoms with Gasteiger partial charge in [-0.15, -0.1) is 0 Å². The third kappa shape index (κ3) is 1.31. The Bertz CT molecular complexity index is 118. The largest absolute Gasteiger partial charge is 0.303 e. The van der Waals surface area contributed by atoms with Gasteiger partial charge in [0.2, 0.25) is 0 Å². The maximum absolute atomic E-state index is 5.03. The summed E-state index contributed by atoms with van der Waals surface area (Å²) in [5.74, 6) is 5.03. The average Bonchev–Trinajstić information content (AvgIpc) is 2.15. The number of rotatable bonds is 2. The van der Waals surface area contributed by atoms with E-state index in [1.807, 2.05) is 0 Å². The highest BCUT2D eigenvalue weighted by atomic mass is 16.6. The summed E-state index contributed by atoms with van der Waals surface area (Å²) in [6.07, 6.45) is 2.46. The van der Waals surface area contributed by atoms with E-state index in [2.05, 4.69) is 23.7 Å². The van der Waals surface area contributed by atoms with Gasteiger partial charge in [0.05, 0.1) is 6.61 Å². The van der Waals surface area contributed by atoms with Crippen molar-refractivity contribution in [2.24, 2.45) is 5.90 Å². The molecule has 0 bridgehead atoms. The fraction of sp³-hybridized carbons (Fsp3) is 1.00. The lowest BCUT2D eigenvalue weighted by molar-refractivity contribution is 0.0356. The fourth-order valence-corrected chi connectivity index (χ4v) is 1.52. The molecule has 2 N–H and O–H groups in total. The van der Waals surface area contributed by atoms with Crippen LogP contribution in [0.1, 0.15) is 19.8 Å². The van der Waals surface area contributed by atoms with Crippen LogP contribution in [0.2, 0.25) is 0 Å². The van der Waals surface area contributed by atoms with Gasteiger partial charge in [0.15, 0.2) is 0 Å². The predicted octanol–water partition coefficient (Wildman–Crippen LogP) is 0.361. The van der Waals surface area contributed by atoms with E-state index in [4.69, 9.17) is 5.90 Å². The van der Waals surface area contributed by atoms with E-state index in [-0.39, 0.29) is 5.54 Å². The average molecular weight is 144 g/mol. The number of hydrogen-bond donors (Lipinski definition) is 1. The van der Waals surface area contributed by atoms with E-state index < -0.39 is 0 Å². The van der Waals surface area contributed by atoms with Crippen LogP contribution in [0, 0.1) is 0 Å². The number of hydrogen-bond acceptors (Lipinski definition) is 3. The van der Waals surface area contributed by atoms with Crippen LogP contribution in [0.4, 0.5) is 0 Å². The third-order valence-corrected chi connectivity index (χ3v) is 2.52. The van der Waals surface area contributed by atoms with Gasteiger partial charge in [0.25, 0.3) is 0 Å². The fourth-order valence-electron chi connectivity index (χ4n) is 1.52. The molecule has 0 aromatic carbocycles. The van der Waals surface area contributed by atoms with E-state index in [1.54, 1.807) is 0 Å². The zero-order valence-corrected chi connectivity index (χ0v) is 6.76. The number of likely N-dealkylation sites (tertiary alicyclic amines) is 1. The molecule has 0 aromatic rings. The lowest BCUT2D eigenvalue weighted by Crippen LogP contribution is -2.43. The molecule has 1 heterocycles. The Morgan fingerprint density at radius 3 is 2.80 bits per heavy atom. The van der Waals surface area contributed by atoms with Crippen molar-refractivity contribution in [2.75, 3.05) is 20.2 Å². The van der Waals surface area contributed by atoms with E-state index in [9.17, 15) is 0 Å². The predicted molar refractivity (Wildman–Crippen MR) is 40.4 cm³/mol.